The second kappa shape index (κ2) is 7.67. The summed E-state index contributed by atoms with van der Waals surface area (Å²) in [7, 11) is 0. The third-order valence-electron chi connectivity index (χ3n) is 5.51. The van der Waals surface area contributed by atoms with Crippen LogP contribution in [0.4, 0.5) is 4.39 Å². The lowest BCUT2D eigenvalue weighted by Gasteiger charge is -2.11. The molecule has 0 unspecified atom stereocenters. The van der Waals surface area contributed by atoms with Gasteiger partial charge in [-0.3, -0.25) is 4.98 Å². The van der Waals surface area contributed by atoms with Crippen LogP contribution in [0, 0.1) is 26.6 Å². The van der Waals surface area contributed by atoms with Crippen molar-refractivity contribution >= 4 is 17.0 Å². The molecule has 0 fully saturated rings. The molecule has 2 aromatic carbocycles. The van der Waals surface area contributed by atoms with Gasteiger partial charge in [-0.2, -0.15) is 0 Å². The lowest BCUT2D eigenvalue weighted by Crippen LogP contribution is -2.04. The maximum atomic E-state index is 14.5. The molecule has 0 atom stereocenters. The minimum absolute atomic E-state index is 0.165. The summed E-state index contributed by atoms with van der Waals surface area (Å²) in [5, 5.41) is 1.17. The second-order valence-corrected chi connectivity index (χ2v) is 7.55. The maximum Gasteiger partial charge on any atom is 0.128 e. The van der Waals surface area contributed by atoms with E-state index in [2.05, 4.69) is 46.8 Å². The first kappa shape index (κ1) is 19.1. The predicted octanol–water partition coefficient (Wildman–Crippen LogP) is 6.85. The number of nitrogens with zero attached hydrogens (tertiary/aromatic N) is 2. The highest BCUT2D eigenvalue weighted by atomic mass is 19.1. The predicted molar refractivity (Wildman–Crippen MR) is 120 cm³/mol. The van der Waals surface area contributed by atoms with Crippen LogP contribution in [0.5, 0.6) is 0 Å². The standard InChI is InChI=1S/C26H25FN2/c1-5-7-20-10-12-25-23(15-20)26(22-8-6-13-28-18(22)3)19(4)29(25)16-21-14-17(2)9-11-24(21)27/h5-15H,16H2,1-4H3/b7-5-. The number of halogens is 1. The van der Waals surface area contributed by atoms with Crippen molar-refractivity contribution < 1.29 is 4.39 Å². The number of aryl methyl sites for hydroxylation is 2. The first-order valence-corrected chi connectivity index (χ1v) is 9.92. The molecular weight excluding hydrogens is 359 g/mol. The number of aromatic nitrogens is 2. The minimum Gasteiger partial charge on any atom is -0.340 e. The molecule has 2 heterocycles. The molecule has 29 heavy (non-hydrogen) atoms. The van der Waals surface area contributed by atoms with Crippen molar-refractivity contribution in [3.05, 3.63) is 94.7 Å². The normalized spacial score (nSPS) is 11.6. The largest absolute Gasteiger partial charge is 0.340 e. The molecule has 0 spiro atoms. The Morgan fingerprint density at radius 2 is 1.86 bits per heavy atom. The van der Waals surface area contributed by atoms with Gasteiger partial charge in [0.2, 0.25) is 0 Å². The van der Waals surface area contributed by atoms with Crippen molar-refractivity contribution in [1.29, 1.82) is 0 Å². The zero-order chi connectivity index (χ0) is 20.5. The van der Waals surface area contributed by atoms with E-state index in [1.54, 1.807) is 6.07 Å². The Labute approximate surface area is 171 Å². The Morgan fingerprint density at radius 3 is 2.62 bits per heavy atom. The van der Waals surface area contributed by atoms with Crippen LogP contribution in [0.25, 0.3) is 28.1 Å². The summed E-state index contributed by atoms with van der Waals surface area (Å²) in [6, 6.07) is 15.9. The van der Waals surface area contributed by atoms with E-state index < -0.39 is 0 Å². The van der Waals surface area contributed by atoms with E-state index in [0.29, 0.717) is 12.1 Å². The summed E-state index contributed by atoms with van der Waals surface area (Å²) in [6.45, 7) is 8.67. The van der Waals surface area contributed by atoms with Gasteiger partial charge in [-0.05, 0) is 57.5 Å². The zero-order valence-corrected chi connectivity index (χ0v) is 17.3. The minimum atomic E-state index is -0.165. The first-order valence-electron chi connectivity index (χ1n) is 9.92. The molecule has 0 aliphatic rings. The molecule has 2 nitrogen and oxygen atoms in total. The van der Waals surface area contributed by atoms with Gasteiger partial charge in [-0.1, -0.05) is 42.0 Å². The van der Waals surface area contributed by atoms with E-state index in [9.17, 15) is 4.39 Å². The molecular formula is C26H25FN2. The molecule has 0 aliphatic carbocycles. The summed E-state index contributed by atoms with van der Waals surface area (Å²) in [6.07, 6.45) is 5.97. The lowest BCUT2D eigenvalue weighted by atomic mass is 10.00. The van der Waals surface area contributed by atoms with Crippen molar-refractivity contribution in [3.8, 4) is 11.1 Å². The summed E-state index contributed by atoms with van der Waals surface area (Å²) in [5.74, 6) is -0.165. The third-order valence-corrected chi connectivity index (χ3v) is 5.51. The van der Waals surface area contributed by atoms with Gasteiger partial charge in [0, 0.05) is 45.2 Å². The number of rotatable bonds is 4. The summed E-state index contributed by atoms with van der Waals surface area (Å²) < 4.78 is 16.7. The number of pyridine rings is 1. The van der Waals surface area contributed by atoms with Gasteiger partial charge < -0.3 is 4.57 Å². The van der Waals surface area contributed by atoms with E-state index >= 15 is 0 Å². The number of hydrogen-bond donors (Lipinski definition) is 0. The Balaban J connectivity index is 1.99. The summed E-state index contributed by atoms with van der Waals surface area (Å²) in [4.78, 5) is 4.50. The molecule has 0 N–H and O–H groups in total. The van der Waals surface area contributed by atoms with Gasteiger partial charge in [0.1, 0.15) is 5.82 Å². The van der Waals surface area contributed by atoms with Gasteiger partial charge in [-0.25, -0.2) is 4.39 Å². The average Bonchev–Trinajstić information content (AvgIpc) is 2.96. The molecule has 3 heteroatoms. The summed E-state index contributed by atoms with van der Waals surface area (Å²) >= 11 is 0. The fraction of sp³-hybridized carbons (Fsp3) is 0.192. The van der Waals surface area contributed by atoms with Crippen molar-refractivity contribution in [1.82, 2.24) is 9.55 Å². The monoisotopic (exact) mass is 384 g/mol. The van der Waals surface area contributed by atoms with Gasteiger partial charge in [0.05, 0.1) is 6.54 Å². The smallest absolute Gasteiger partial charge is 0.128 e. The van der Waals surface area contributed by atoms with Gasteiger partial charge in [0.15, 0.2) is 0 Å². The molecule has 4 rings (SSSR count). The summed E-state index contributed by atoms with van der Waals surface area (Å²) in [5.41, 5.74) is 8.44. The molecule has 0 radical (unpaired) electrons. The van der Waals surface area contributed by atoms with Crippen LogP contribution in [0.3, 0.4) is 0 Å². The fourth-order valence-corrected chi connectivity index (χ4v) is 4.08. The number of allylic oxidation sites excluding steroid dienone is 1. The maximum absolute atomic E-state index is 14.5. The van der Waals surface area contributed by atoms with Crippen molar-refractivity contribution in [2.24, 2.45) is 0 Å². The molecule has 146 valence electrons. The van der Waals surface area contributed by atoms with Crippen LogP contribution < -0.4 is 0 Å². The van der Waals surface area contributed by atoms with Crippen LogP contribution >= 0.6 is 0 Å². The SMILES string of the molecule is C/C=C\c1ccc2c(c1)c(-c1cccnc1C)c(C)n2Cc1cc(C)ccc1F. The van der Waals surface area contributed by atoms with Crippen LogP contribution in [0.15, 0.2) is 60.8 Å². The van der Waals surface area contributed by atoms with Crippen molar-refractivity contribution in [2.45, 2.75) is 34.2 Å². The van der Waals surface area contributed by atoms with E-state index in [-0.39, 0.29) is 5.82 Å². The quantitative estimate of drug-likeness (QED) is 0.376. The van der Waals surface area contributed by atoms with Crippen LogP contribution in [-0.2, 0) is 6.54 Å². The van der Waals surface area contributed by atoms with Crippen LogP contribution in [-0.4, -0.2) is 9.55 Å². The van der Waals surface area contributed by atoms with E-state index in [1.807, 2.05) is 51.2 Å². The first-order chi connectivity index (χ1) is 14.0. The number of benzene rings is 2. The molecule has 0 bridgehead atoms. The van der Waals surface area contributed by atoms with Gasteiger partial charge in [0.25, 0.3) is 0 Å². The van der Waals surface area contributed by atoms with Crippen molar-refractivity contribution in [2.75, 3.05) is 0 Å². The number of hydrogen-bond acceptors (Lipinski definition) is 1. The third kappa shape index (κ3) is 3.49. The van der Waals surface area contributed by atoms with Crippen molar-refractivity contribution in [3.63, 3.8) is 0 Å². The average molecular weight is 384 g/mol. The molecule has 0 saturated carbocycles. The number of fused-ring (bicyclic) bond motifs is 1. The Morgan fingerprint density at radius 1 is 1.03 bits per heavy atom. The Hall–Kier alpha value is -3.20. The molecule has 2 aromatic heterocycles. The Bertz CT molecular complexity index is 1230. The highest BCUT2D eigenvalue weighted by molar-refractivity contribution is 5.99. The van der Waals surface area contributed by atoms with E-state index in [1.165, 1.54) is 10.9 Å². The van der Waals surface area contributed by atoms with Crippen LogP contribution in [0.2, 0.25) is 0 Å². The topological polar surface area (TPSA) is 17.8 Å². The highest BCUT2D eigenvalue weighted by Gasteiger charge is 2.18. The second-order valence-electron chi connectivity index (χ2n) is 7.55. The fourth-order valence-electron chi connectivity index (χ4n) is 4.08. The van der Waals surface area contributed by atoms with E-state index in [4.69, 9.17) is 0 Å². The zero-order valence-electron chi connectivity index (χ0n) is 17.3. The Kier molecular flexibility index (Phi) is 5.06. The van der Waals surface area contributed by atoms with Gasteiger partial charge in [-0.15, -0.1) is 0 Å². The molecule has 0 saturated heterocycles. The highest BCUT2D eigenvalue weighted by Crippen LogP contribution is 2.37. The molecule has 0 amide bonds. The molecule has 0 aliphatic heterocycles. The van der Waals surface area contributed by atoms with Crippen LogP contribution in [0.1, 0.15) is 35.0 Å². The van der Waals surface area contributed by atoms with Gasteiger partial charge >= 0.3 is 0 Å². The van der Waals surface area contributed by atoms with E-state index in [0.717, 1.165) is 33.6 Å². The lowest BCUT2D eigenvalue weighted by molar-refractivity contribution is 0.600. The molecule has 4 aromatic rings.